The smallest absolute Gasteiger partial charge is 0.156 e. The minimum absolute atomic E-state index is 0.157. The topological polar surface area (TPSA) is 72.0 Å². The van der Waals surface area contributed by atoms with Crippen LogP contribution in [0.1, 0.15) is 5.69 Å². The fourth-order valence-electron chi connectivity index (χ4n) is 0.730. The first-order valence-electron chi connectivity index (χ1n) is 3.19. The van der Waals surface area contributed by atoms with E-state index in [9.17, 15) is 4.39 Å². The van der Waals surface area contributed by atoms with Gasteiger partial charge in [0, 0.05) is 6.07 Å². The van der Waals surface area contributed by atoms with Gasteiger partial charge in [0.25, 0.3) is 0 Å². The third-order valence-corrected chi connectivity index (χ3v) is 1.31. The molecule has 0 saturated heterocycles. The quantitative estimate of drug-likeness (QED) is 0.500. The summed E-state index contributed by atoms with van der Waals surface area (Å²) in [5.74, 6) is -0.741. The molecule has 0 bridgehead atoms. The molecule has 1 rings (SSSR count). The Kier molecular flexibility index (Phi) is 2.23. The molecule has 0 aromatic carbocycles. The van der Waals surface area contributed by atoms with Gasteiger partial charge in [0.1, 0.15) is 17.3 Å². The highest BCUT2D eigenvalue weighted by molar-refractivity contribution is 5.93. The second-order valence-electron chi connectivity index (χ2n) is 2.12. The zero-order chi connectivity index (χ0) is 9.14. The number of nitrogens with two attached hydrogens (primary N) is 1. The van der Waals surface area contributed by atoms with Gasteiger partial charge in [-0.15, -0.1) is 0 Å². The predicted octanol–water partition coefficient (Wildman–Crippen LogP) is 0.513. The molecule has 0 radical (unpaired) electrons. The minimum Gasteiger partial charge on any atom is -0.495 e. The van der Waals surface area contributed by atoms with Crippen LogP contribution in [0.3, 0.4) is 0 Å². The van der Waals surface area contributed by atoms with Gasteiger partial charge < -0.3 is 10.5 Å². The summed E-state index contributed by atoms with van der Waals surface area (Å²) in [6.45, 7) is 0. The summed E-state index contributed by atoms with van der Waals surface area (Å²) in [6, 6.07) is 1.13. The van der Waals surface area contributed by atoms with Crippen molar-refractivity contribution in [2.45, 2.75) is 0 Å². The average Bonchev–Trinajstić information content (AvgIpc) is 2.03. The van der Waals surface area contributed by atoms with Crippen molar-refractivity contribution in [3.63, 3.8) is 0 Å². The van der Waals surface area contributed by atoms with Crippen LogP contribution in [0.2, 0.25) is 0 Å². The lowest BCUT2D eigenvalue weighted by atomic mass is 10.3. The van der Waals surface area contributed by atoms with Gasteiger partial charge in [0.2, 0.25) is 0 Å². The Balaban J connectivity index is 3.12. The first-order valence-corrected chi connectivity index (χ1v) is 3.19. The number of hydrogen-bond donors (Lipinski definition) is 2. The first-order chi connectivity index (χ1) is 5.65. The summed E-state index contributed by atoms with van der Waals surface area (Å²) >= 11 is 0. The zero-order valence-corrected chi connectivity index (χ0v) is 6.47. The minimum atomic E-state index is -0.651. The van der Waals surface area contributed by atoms with E-state index in [0.29, 0.717) is 5.75 Å². The van der Waals surface area contributed by atoms with Crippen molar-refractivity contribution < 1.29 is 9.13 Å². The highest BCUT2D eigenvalue weighted by Crippen LogP contribution is 2.12. The number of aromatic nitrogens is 1. The SMILES string of the molecule is COc1cnc(C(=N)N)c(F)c1. The monoisotopic (exact) mass is 169 g/mol. The molecule has 1 heterocycles. The summed E-state index contributed by atoms with van der Waals surface area (Å²) in [5, 5.41) is 6.94. The molecule has 5 heteroatoms. The van der Waals surface area contributed by atoms with Crippen molar-refractivity contribution in [2.24, 2.45) is 5.73 Å². The number of ether oxygens (including phenoxy) is 1. The number of nitrogen functional groups attached to an aromatic ring is 1. The van der Waals surface area contributed by atoms with Crippen LogP contribution in [0.25, 0.3) is 0 Å². The largest absolute Gasteiger partial charge is 0.495 e. The second-order valence-corrected chi connectivity index (χ2v) is 2.12. The molecule has 0 aliphatic rings. The Morgan fingerprint density at radius 2 is 2.42 bits per heavy atom. The lowest BCUT2D eigenvalue weighted by Gasteiger charge is -2.01. The molecule has 0 saturated carbocycles. The molecule has 0 amide bonds. The number of nitrogens with zero attached hydrogens (tertiary/aromatic N) is 1. The molecule has 0 atom stereocenters. The van der Waals surface area contributed by atoms with Crippen LogP contribution in [-0.2, 0) is 0 Å². The average molecular weight is 169 g/mol. The van der Waals surface area contributed by atoms with Crippen molar-refractivity contribution in [1.82, 2.24) is 4.98 Å². The third kappa shape index (κ3) is 1.50. The fourth-order valence-corrected chi connectivity index (χ4v) is 0.730. The van der Waals surface area contributed by atoms with Crippen LogP contribution < -0.4 is 10.5 Å². The van der Waals surface area contributed by atoms with Crippen LogP contribution in [-0.4, -0.2) is 17.9 Å². The number of methoxy groups -OCH3 is 1. The zero-order valence-electron chi connectivity index (χ0n) is 6.47. The van der Waals surface area contributed by atoms with Crippen LogP contribution in [0.4, 0.5) is 4.39 Å². The molecule has 0 aliphatic heterocycles. The van der Waals surface area contributed by atoms with Gasteiger partial charge in [-0.2, -0.15) is 0 Å². The van der Waals surface area contributed by atoms with Crippen LogP contribution in [0, 0.1) is 11.2 Å². The Labute approximate surface area is 68.7 Å². The van der Waals surface area contributed by atoms with E-state index in [1.807, 2.05) is 0 Å². The van der Waals surface area contributed by atoms with Gasteiger partial charge in [0.05, 0.1) is 13.3 Å². The van der Waals surface area contributed by atoms with E-state index in [0.717, 1.165) is 6.07 Å². The van der Waals surface area contributed by atoms with E-state index in [-0.39, 0.29) is 5.69 Å². The summed E-state index contributed by atoms with van der Waals surface area (Å²) in [4.78, 5) is 3.60. The van der Waals surface area contributed by atoms with Crippen molar-refractivity contribution >= 4 is 5.84 Å². The van der Waals surface area contributed by atoms with Crippen molar-refractivity contribution in [3.8, 4) is 5.75 Å². The predicted molar refractivity (Wildman–Crippen MR) is 41.8 cm³/mol. The van der Waals surface area contributed by atoms with E-state index in [2.05, 4.69) is 4.98 Å². The maximum atomic E-state index is 12.9. The number of amidine groups is 1. The number of pyridine rings is 1. The summed E-state index contributed by atoms with van der Waals surface area (Å²) in [6.07, 6.45) is 1.31. The summed E-state index contributed by atoms with van der Waals surface area (Å²) in [7, 11) is 1.41. The molecule has 0 fully saturated rings. The van der Waals surface area contributed by atoms with E-state index >= 15 is 0 Å². The van der Waals surface area contributed by atoms with Gasteiger partial charge in [-0.05, 0) is 0 Å². The Morgan fingerprint density at radius 1 is 1.75 bits per heavy atom. The highest BCUT2D eigenvalue weighted by atomic mass is 19.1. The van der Waals surface area contributed by atoms with Gasteiger partial charge in [0.15, 0.2) is 5.82 Å². The van der Waals surface area contributed by atoms with E-state index in [1.54, 1.807) is 0 Å². The van der Waals surface area contributed by atoms with E-state index in [1.165, 1.54) is 13.3 Å². The number of halogens is 1. The lowest BCUT2D eigenvalue weighted by Crippen LogP contribution is -2.15. The Bertz CT molecular complexity index is 314. The molecule has 64 valence electrons. The molecule has 4 nitrogen and oxygen atoms in total. The molecule has 0 aliphatic carbocycles. The Hall–Kier alpha value is -1.65. The van der Waals surface area contributed by atoms with Gasteiger partial charge >= 0.3 is 0 Å². The first kappa shape index (κ1) is 8.45. The normalized spacial score (nSPS) is 9.50. The molecule has 0 unspecified atom stereocenters. The van der Waals surface area contributed by atoms with Crippen LogP contribution >= 0.6 is 0 Å². The second kappa shape index (κ2) is 3.17. The summed E-state index contributed by atoms with van der Waals surface area (Å²) < 4.78 is 17.6. The Morgan fingerprint density at radius 3 is 2.83 bits per heavy atom. The molecular weight excluding hydrogens is 161 g/mol. The van der Waals surface area contributed by atoms with Gasteiger partial charge in [-0.1, -0.05) is 0 Å². The third-order valence-electron chi connectivity index (χ3n) is 1.31. The van der Waals surface area contributed by atoms with E-state index < -0.39 is 11.7 Å². The number of nitrogens with one attached hydrogen (secondary N) is 1. The van der Waals surface area contributed by atoms with Crippen LogP contribution in [0.15, 0.2) is 12.3 Å². The highest BCUT2D eigenvalue weighted by Gasteiger charge is 2.07. The molecule has 0 spiro atoms. The van der Waals surface area contributed by atoms with Gasteiger partial charge in [-0.25, -0.2) is 9.37 Å². The molecular formula is C7H8FN3O. The van der Waals surface area contributed by atoms with Crippen molar-refractivity contribution in [3.05, 3.63) is 23.8 Å². The van der Waals surface area contributed by atoms with Crippen molar-refractivity contribution in [2.75, 3.05) is 7.11 Å². The molecule has 1 aromatic rings. The lowest BCUT2D eigenvalue weighted by molar-refractivity contribution is 0.408. The number of rotatable bonds is 2. The molecule has 1 aromatic heterocycles. The van der Waals surface area contributed by atoms with Gasteiger partial charge in [-0.3, -0.25) is 5.41 Å². The fraction of sp³-hybridized carbons (Fsp3) is 0.143. The summed E-state index contributed by atoms with van der Waals surface area (Å²) in [5.41, 5.74) is 4.89. The number of hydrogen-bond acceptors (Lipinski definition) is 3. The van der Waals surface area contributed by atoms with E-state index in [4.69, 9.17) is 15.9 Å². The van der Waals surface area contributed by atoms with Crippen molar-refractivity contribution in [1.29, 1.82) is 5.41 Å². The van der Waals surface area contributed by atoms with Crippen LogP contribution in [0.5, 0.6) is 5.75 Å². The molecule has 12 heavy (non-hydrogen) atoms. The maximum absolute atomic E-state index is 12.9. The maximum Gasteiger partial charge on any atom is 0.156 e. The standard InChI is InChI=1S/C7H8FN3O/c1-12-4-2-5(8)6(7(9)10)11-3-4/h2-3H,1H3,(H3,9,10). The molecule has 3 N–H and O–H groups in total.